The predicted octanol–water partition coefficient (Wildman–Crippen LogP) is 2.48. The monoisotopic (exact) mass is 330 g/mol. The normalized spacial score (nSPS) is 31.7. The third-order valence-corrected chi connectivity index (χ3v) is 6.04. The summed E-state index contributed by atoms with van der Waals surface area (Å²) in [6.07, 6.45) is 5.18. The highest BCUT2D eigenvalue weighted by molar-refractivity contribution is 5.89. The standard InChI is InChI=1S/C19H23FN2O2/c20-16-4-2-1-3-14(16)10-21-19(24)15-9-18(23)22(11-15)17-8-12-5-6-13(17)7-12/h1-4,12-13,15,17H,5-11H2,(H,21,24). The van der Waals surface area contributed by atoms with Gasteiger partial charge in [-0.2, -0.15) is 0 Å². The van der Waals surface area contributed by atoms with Gasteiger partial charge in [0.05, 0.1) is 5.92 Å². The first-order valence-corrected chi connectivity index (χ1v) is 8.92. The van der Waals surface area contributed by atoms with Crippen LogP contribution in [0.15, 0.2) is 24.3 Å². The Bertz CT molecular complexity index is 663. The Labute approximate surface area is 141 Å². The number of hydrogen-bond donors (Lipinski definition) is 1. The summed E-state index contributed by atoms with van der Waals surface area (Å²) in [5.41, 5.74) is 0.472. The Kier molecular flexibility index (Phi) is 4.02. The maximum atomic E-state index is 13.6. The number of nitrogens with zero attached hydrogens (tertiary/aromatic N) is 1. The number of fused-ring (bicyclic) bond motifs is 2. The molecule has 2 amide bonds. The molecule has 4 atom stereocenters. The van der Waals surface area contributed by atoms with Gasteiger partial charge < -0.3 is 10.2 Å². The van der Waals surface area contributed by atoms with E-state index in [0.717, 1.165) is 12.3 Å². The van der Waals surface area contributed by atoms with Crippen molar-refractivity contribution in [3.05, 3.63) is 35.6 Å². The van der Waals surface area contributed by atoms with Gasteiger partial charge in [0.2, 0.25) is 11.8 Å². The van der Waals surface area contributed by atoms with Gasteiger partial charge in [0, 0.05) is 31.1 Å². The molecular formula is C19H23FN2O2. The van der Waals surface area contributed by atoms with Gasteiger partial charge in [0.25, 0.3) is 0 Å². The fourth-order valence-corrected chi connectivity index (χ4v) is 4.79. The van der Waals surface area contributed by atoms with E-state index >= 15 is 0 Å². The van der Waals surface area contributed by atoms with Crippen molar-refractivity contribution >= 4 is 11.8 Å². The van der Waals surface area contributed by atoms with E-state index in [2.05, 4.69) is 5.32 Å². The highest BCUT2D eigenvalue weighted by Crippen LogP contribution is 2.47. The van der Waals surface area contributed by atoms with Crippen LogP contribution in [0.4, 0.5) is 4.39 Å². The van der Waals surface area contributed by atoms with Gasteiger partial charge in [0.1, 0.15) is 5.82 Å². The fourth-order valence-electron chi connectivity index (χ4n) is 4.79. The third-order valence-electron chi connectivity index (χ3n) is 6.04. The van der Waals surface area contributed by atoms with Crippen LogP contribution in [-0.4, -0.2) is 29.3 Å². The zero-order valence-corrected chi connectivity index (χ0v) is 13.7. The van der Waals surface area contributed by atoms with Gasteiger partial charge in [-0.05, 0) is 37.2 Å². The van der Waals surface area contributed by atoms with Crippen LogP contribution in [0.1, 0.15) is 37.7 Å². The zero-order chi connectivity index (χ0) is 16.7. The average Bonchev–Trinajstić information content (AvgIpc) is 3.28. The van der Waals surface area contributed by atoms with Crippen molar-refractivity contribution in [2.45, 2.75) is 44.7 Å². The number of hydrogen-bond acceptors (Lipinski definition) is 2. The van der Waals surface area contributed by atoms with Crippen LogP contribution in [0, 0.1) is 23.6 Å². The number of nitrogens with one attached hydrogen (secondary N) is 1. The van der Waals surface area contributed by atoms with E-state index in [1.165, 1.54) is 25.3 Å². The van der Waals surface area contributed by atoms with E-state index < -0.39 is 0 Å². The van der Waals surface area contributed by atoms with Gasteiger partial charge in [-0.15, -0.1) is 0 Å². The number of carbonyl (C=O) groups excluding carboxylic acids is 2. The second-order valence-electron chi connectivity index (χ2n) is 7.50. The summed E-state index contributed by atoms with van der Waals surface area (Å²) in [7, 11) is 0. The number of amides is 2. The molecule has 0 aromatic heterocycles. The van der Waals surface area contributed by atoms with Crippen molar-refractivity contribution in [3.8, 4) is 0 Å². The quantitative estimate of drug-likeness (QED) is 0.922. The van der Waals surface area contributed by atoms with Crippen molar-refractivity contribution in [2.24, 2.45) is 17.8 Å². The summed E-state index contributed by atoms with van der Waals surface area (Å²) in [4.78, 5) is 26.7. The second-order valence-corrected chi connectivity index (χ2v) is 7.50. The molecule has 3 fully saturated rings. The molecule has 1 aliphatic heterocycles. The molecule has 1 N–H and O–H groups in total. The summed E-state index contributed by atoms with van der Waals surface area (Å²) >= 11 is 0. The minimum Gasteiger partial charge on any atom is -0.352 e. The Hall–Kier alpha value is -1.91. The van der Waals surface area contributed by atoms with Gasteiger partial charge in [0.15, 0.2) is 0 Å². The van der Waals surface area contributed by atoms with E-state index in [4.69, 9.17) is 0 Å². The lowest BCUT2D eigenvalue weighted by Crippen LogP contribution is -2.41. The summed E-state index contributed by atoms with van der Waals surface area (Å²) < 4.78 is 13.6. The Morgan fingerprint density at radius 1 is 1.25 bits per heavy atom. The summed E-state index contributed by atoms with van der Waals surface area (Å²) in [5.74, 6) is 0.768. The van der Waals surface area contributed by atoms with Crippen molar-refractivity contribution in [3.63, 3.8) is 0 Å². The first-order valence-electron chi connectivity index (χ1n) is 8.92. The molecule has 4 unspecified atom stereocenters. The van der Waals surface area contributed by atoms with Gasteiger partial charge in [-0.1, -0.05) is 24.6 Å². The number of rotatable bonds is 4. The first kappa shape index (κ1) is 15.6. The van der Waals surface area contributed by atoms with Crippen molar-refractivity contribution in [2.75, 3.05) is 6.54 Å². The van der Waals surface area contributed by atoms with E-state index in [0.29, 0.717) is 24.1 Å². The predicted molar refractivity (Wildman–Crippen MR) is 87.3 cm³/mol. The summed E-state index contributed by atoms with van der Waals surface area (Å²) in [6.45, 7) is 0.695. The third kappa shape index (κ3) is 2.80. The van der Waals surface area contributed by atoms with E-state index in [1.807, 2.05) is 4.90 Å². The summed E-state index contributed by atoms with van der Waals surface area (Å²) in [6, 6.07) is 6.78. The van der Waals surface area contributed by atoms with Crippen molar-refractivity contribution in [1.29, 1.82) is 0 Å². The van der Waals surface area contributed by atoms with Crippen molar-refractivity contribution in [1.82, 2.24) is 10.2 Å². The Morgan fingerprint density at radius 3 is 2.79 bits per heavy atom. The van der Waals surface area contributed by atoms with E-state index in [9.17, 15) is 14.0 Å². The highest BCUT2D eigenvalue weighted by Gasteiger charge is 2.47. The maximum Gasteiger partial charge on any atom is 0.225 e. The van der Waals surface area contributed by atoms with Gasteiger partial charge >= 0.3 is 0 Å². The SMILES string of the molecule is O=C(NCc1ccccc1F)C1CC(=O)N(C2CC3CCC2C3)C1. The van der Waals surface area contributed by atoms with Crippen LogP contribution in [0.5, 0.6) is 0 Å². The smallest absolute Gasteiger partial charge is 0.225 e. The molecule has 0 radical (unpaired) electrons. The Morgan fingerprint density at radius 2 is 2.08 bits per heavy atom. The van der Waals surface area contributed by atoms with Crippen LogP contribution in [0.2, 0.25) is 0 Å². The highest BCUT2D eigenvalue weighted by atomic mass is 19.1. The molecule has 4 nitrogen and oxygen atoms in total. The number of carbonyl (C=O) groups is 2. The molecule has 2 bridgehead atoms. The van der Waals surface area contributed by atoms with E-state index in [1.54, 1.807) is 18.2 Å². The molecule has 1 heterocycles. The maximum absolute atomic E-state index is 13.6. The van der Waals surface area contributed by atoms with Crippen LogP contribution in [0.25, 0.3) is 0 Å². The number of halogens is 1. The molecule has 128 valence electrons. The molecular weight excluding hydrogens is 307 g/mol. The van der Waals surface area contributed by atoms with Crippen LogP contribution < -0.4 is 5.32 Å². The molecule has 1 aromatic rings. The molecule has 2 aliphatic carbocycles. The zero-order valence-electron chi connectivity index (χ0n) is 13.7. The van der Waals surface area contributed by atoms with Gasteiger partial charge in [-0.3, -0.25) is 9.59 Å². The minimum absolute atomic E-state index is 0.110. The molecule has 1 saturated heterocycles. The number of benzene rings is 1. The Balaban J connectivity index is 1.34. The molecule has 4 rings (SSSR count). The lowest BCUT2D eigenvalue weighted by atomic mass is 9.94. The number of likely N-dealkylation sites (tertiary alicyclic amines) is 1. The summed E-state index contributed by atoms with van der Waals surface area (Å²) in [5, 5.41) is 2.79. The van der Waals surface area contributed by atoms with Crippen LogP contribution in [-0.2, 0) is 16.1 Å². The van der Waals surface area contributed by atoms with E-state index in [-0.39, 0.29) is 36.5 Å². The molecule has 3 aliphatic rings. The lowest BCUT2D eigenvalue weighted by molar-refractivity contribution is -0.131. The van der Waals surface area contributed by atoms with Crippen LogP contribution >= 0.6 is 0 Å². The van der Waals surface area contributed by atoms with Crippen molar-refractivity contribution < 1.29 is 14.0 Å². The molecule has 5 heteroatoms. The largest absolute Gasteiger partial charge is 0.352 e. The molecule has 24 heavy (non-hydrogen) atoms. The minimum atomic E-state index is -0.316. The molecule has 2 saturated carbocycles. The molecule has 0 spiro atoms. The first-order chi connectivity index (χ1) is 11.6. The van der Waals surface area contributed by atoms with Gasteiger partial charge in [-0.25, -0.2) is 4.39 Å². The topological polar surface area (TPSA) is 49.4 Å². The van der Waals surface area contributed by atoms with Crippen LogP contribution in [0.3, 0.4) is 0 Å². The second kappa shape index (κ2) is 6.19. The average molecular weight is 330 g/mol. The fraction of sp³-hybridized carbons (Fsp3) is 0.579. The lowest BCUT2D eigenvalue weighted by Gasteiger charge is -2.31. The molecule has 1 aromatic carbocycles.